The second kappa shape index (κ2) is 5.09. The number of halogens is 1. The zero-order chi connectivity index (χ0) is 11.4. The van der Waals surface area contributed by atoms with Crippen molar-refractivity contribution in [3.8, 4) is 5.75 Å². The van der Waals surface area contributed by atoms with Crippen molar-refractivity contribution in [3.63, 3.8) is 0 Å². The Morgan fingerprint density at radius 1 is 1.47 bits per heavy atom. The molecule has 15 heavy (non-hydrogen) atoms. The zero-order valence-corrected chi connectivity index (χ0v) is 8.92. The lowest BCUT2D eigenvalue weighted by Crippen LogP contribution is -2.17. The molecule has 0 amide bonds. The molecule has 1 aromatic rings. The minimum Gasteiger partial charge on any atom is -0.505 e. The number of aliphatic hydroxyl groups excluding tert-OH is 1. The lowest BCUT2D eigenvalue weighted by Gasteiger charge is -2.14. The van der Waals surface area contributed by atoms with Crippen LogP contribution < -0.4 is 5.32 Å². The maximum absolute atomic E-state index is 13.2. The molecule has 0 aliphatic heterocycles. The average Bonchev–Trinajstić information content (AvgIpc) is 2.22. The molecule has 0 saturated carbocycles. The van der Waals surface area contributed by atoms with Crippen LogP contribution in [0.25, 0.3) is 0 Å². The van der Waals surface area contributed by atoms with Crippen LogP contribution in [0.3, 0.4) is 0 Å². The minimum atomic E-state index is -0.893. The first-order chi connectivity index (χ1) is 7.10. The van der Waals surface area contributed by atoms with Gasteiger partial charge in [0.1, 0.15) is 0 Å². The number of rotatable bonds is 4. The summed E-state index contributed by atoms with van der Waals surface area (Å²) in [6.07, 6.45) is -0.229. The number of likely N-dealkylation sites (N-methyl/N-ethyl adjacent to an activating group) is 1. The van der Waals surface area contributed by atoms with E-state index in [9.17, 15) is 14.6 Å². The Labute approximate surface area is 88.6 Å². The average molecular weight is 213 g/mol. The highest BCUT2D eigenvalue weighted by Crippen LogP contribution is 2.28. The second-order valence-electron chi connectivity index (χ2n) is 3.44. The lowest BCUT2D eigenvalue weighted by atomic mass is 10.0. The first-order valence-corrected chi connectivity index (χ1v) is 4.94. The van der Waals surface area contributed by atoms with Gasteiger partial charge in [-0.15, -0.1) is 0 Å². The van der Waals surface area contributed by atoms with Gasteiger partial charge in [-0.1, -0.05) is 6.92 Å². The zero-order valence-electron chi connectivity index (χ0n) is 8.92. The maximum atomic E-state index is 13.2. The fourth-order valence-electron chi connectivity index (χ4n) is 1.44. The molecule has 0 fully saturated rings. The number of phenols is 1. The first kappa shape index (κ1) is 11.9. The summed E-state index contributed by atoms with van der Waals surface area (Å²) in [5, 5.41) is 21.9. The van der Waals surface area contributed by atoms with E-state index in [1.807, 2.05) is 6.92 Å². The normalized spacial score (nSPS) is 12.8. The highest BCUT2D eigenvalue weighted by molar-refractivity contribution is 5.39. The van der Waals surface area contributed by atoms with Crippen LogP contribution in [-0.2, 0) is 6.42 Å². The highest BCUT2D eigenvalue weighted by atomic mass is 19.1. The van der Waals surface area contributed by atoms with Gasteiger partial charge in [-0.3, -0.25) is 0 Å². The molecule has 84 valence electrons. The molecule has 1 atom stereocenters. The van der Waals surface area contributed by atoms with Crippen molar-refractivity contribution in [1.29, 1.82) is 0 Å². The Hall–Kier alpha value is -1.13. The number of nitrogens with one attached hydrogen (secondary N) is 1. The van der Waals surface area contributed by atoms with Crippen LogP contribution in [0.15, 0.2) is 12.1 Å². The van der Waals surface area contributed by atoms with E-state index in [-0.39, 0.29) is 12.1 Å². The van der Waals surface area contributed by atoms with E-state index in [1.165, 1.54) is 6.07 Å². The van der Waals surface area contributed by atoms with Crippen molar-refractivity contribution in [2.45, 2.75) is 19.4 Å². The summed E-state index contributed by atoms with van der Waals surface area (Å²) < 4.78 is 13.2. The van der Waals surface area contributed by atoms with E-state index in [0.717, 1.165) is 5.56 Å². The molecule has 0 bridgehead atoms. The van der Waals surface area contributed by atoms with Crippen LogP contribution in [0.1, 0.15) is 24.2 Å². The lowest BCUT2D eigenvalue weighted by molar-refractivity contribution is 0.172. The molecule has 0 saturated heterocycles. The van der Waals surface area contributed by atoms with E-state index >= 15 is 0 Å². The molecule has 0 heterocycles. The van der Waals surface area contributed by atoms with Gasteiger partial charge in [0.05, 0.1) is 6.10 Å². The number of aliphatic hydroxyl groups is 1. The van der Waals surface area contributed by atoms with E-state index in [0.29, 0.717) is 6.42 Å². The summed E-state index contributed by atoms with van der Waals surface area (Å²) in [6, 6.07) is 2.91. The third-order valence-electron chi connectivity index (χ3n) is 2.32. The fourth-order valence-corrected chi connectivity index (χ4v) is 1.44. The van der Waals surface area contributed by atoms with Crippen molar-refractivity contribution in [3.05, 3.63) is 29.1 Å². The predicted molar refractivity (Wildman–Crippen MR) is 56.3 cm³/mol. The first-order valence-electron chi connectivity index (χ1n) is 4.94. The van der Waals surface area contributed by atoms with Crippen molar-refractivity contribution >= 4 is 0 Å². The molecule has 3 N–H and O–H groups in total. The van der Waals surface area contributed by atoms with Crippen molar-refractivity contribution < 1.29 is 14.6 Å². The van der Waals surface area contributed by atoms with Gasteiger partial charge >= 0.3 is 0 Å². The summed E-state index contributed by atoms with van der Waals surface area (Å²) >= 11 is 0. The molecular formula is C11H16FNO2. The van der Waals surface area contributed by atoms with Gasteiger partial charge in [0.25, 0.3) is 0 Å². The Bertz CT molecular complexity index is 342. The number of hydrogen-bond acceptors (Lipinski definition) is 3. The van der Waals surface area contributed by atoms with Gasteiger partial charge in [-0.05, 0) is 31.2 Å². The van der Waals surface area contributed by atoms with Gasteiger partial charge in [0.2, 0.25) is 0 Å². The van der Waals surface area contributed by atoms with Crippen LogP contribution in [0.2, 0.25) is 0 Å². The molecular weight excluding hydrogens is 197 g/mol. The molecule has 3 nitrogen and oxygen atoms in total. The molecule has 4 heteroatoms. The summed E-state index contributed by atoms with van der Waals surface area (Å²) in [4.78, 5) is 0. The number of benzene rings is 1. The van der Waals surface area contributed by atoms with Gasteiger partial charge in [-0.25, -0.2) is 4.39 Å². The molecule has 1 unspecified atom stereocenters. The standard InChI is InChI=1S/C11H16FNO2/c1-3-7-4-8(10(14)6-13-2)11(15)9(12)5-7/h4-5,10,13-15H,3,6H2,1-2H3. The topological polar surface area (TPSA) is 52.5 Å². The number of aryl methyl sites for hydroxylation is 1. The molecule has 0 aromatic heterocycles. The van der Waals surface area contributed by atoms with Gasteiger partial charge < -0.3 is 15.5 Å². The van der Waals surface area contributed by atoms with Gasteiger partial charge in [-0.2, -0.15) is 0 Å². The monoisotopic (exact) mass is 213 g/mol. The minimum absolute atomic E-state index is 0.237. The largest absolute Gasteiger partial charge is 0.505 e. The molecule has 1 rings (SSSR count). The van der Waals surface area contributed by atoms with Crippen molar-refractivity contribution in [1.82, 2.24) is 5.32 Å². The fraction of sp³-hybridized carbons (Fsp3) is 0.455. The maximum Gasteiger partial charge on any atom is 0.165 e. The molecule has 1 aromatic carbocycles. The van der Waals surface area contributed by atoms with E-state index in [2.05, 4.69) is 5.32 Å². The summed E-state index contributed by atoms with van der Waals surface area (Å²) in [5.74, 6) is -1.14. The quantitative estimate of drug-likeness (QED) is 0.707. The van der Waals surface area contributed by atoms with Crippen molar-refractivity contribution in [2.75, 3.05) is 13.6 Å². The smallest absolute Gasteiger partial charge is 0.165 e. The van der Waals surface area contributed by atoms with Crippen LogP contribution in [0.5, 0.6) is 5.75 Å². The Balaban J connectivity index is 3.09. The summed E-state index contributed by atoms with van der Waals surface area (Å²) in [6.45, 7) is 2.17. The molecule has 0 spiro atoms. The van der Waals surface area contributed by atoms with Gasteiger partial charge in [0.15, 0.2) is 11.6 Å². The predicted octanol–water partition coefficient (Wildman–Crippen LogP) is 1.35. The number of phenolic OH excluding ortho intramolecular Hbond substituents is 1. The van der Waals surface area contributed by atoms with E-state index in [4.69, 9.17) is 0 Å². The summed E-state index contributed by atoms with van der Waals surface area (Å²) in [5.41, 5.74) is 0.997. The SMILES string of the molecule is CCc1cc(F)c(O)c(C(O)CNC)c1. The highest BCUT2D eigenvalue weighted by Gasteiger charge is 2.15. The second-order valence-corrected chi connectivity index (χ2v) is 3.44. The molecule has 0 radical (unpaired) electrons. The van der Waals surface area contributed by atoms with Gasteiger partial charge in [0, 0.05) is 12.1 Å². The summed E-state index contributed by atoms with van der Waals surface area (Å²) in [7, 11) is 1.68. The Morgan fingerprint density at radius 2 is 2.13 bits per heavy atom. The third-order valence-corrected chi connectivity index (χ3v) is 2.32. The Morgan fingerprint density at radius 3 is 2.67 bits per heavy atom. The van der Waals surface area contributed by atoms with Crippen LogP contribution in [-0.4, -0.2) is 23.8 Å². The van der Waals surface area contributed by atoms with Crippen LogP contribution in [0, 0.1) is 5.82 Å². The third kappa shape index (κ3) is 2.67. The van der Waals surface area contributed by atoms with Crippen LogP contribution >= 0.6 is 0 Å². The van der Waals surface area contributed by atoms with E-state index in [1.54, 1.807) is 13.1 Å². The number of aromatic hydroxyl groups is 1. The van der Waals surface area contributed by atoms with Crippen molar-refractivity contribution in [2.24, 2.45) is 0 Å². The molecule has 0 aliphatic carbocycles. The Kier molecular flexibility index (Phi) is 4.05. The van der Waals surface area contributed by atoms with Crippen LogP contribution in [0.4, 0.5) is 4.39 Å². The van der Waals surface area contributed by atoms with E-state index < -0.39 is 17.7 Å². The number of hydrogen-bond donors (Lipinski definition) is 3. The molecule has 0 aliphatic rings.